The number of carbonyl (C=O) groups excluding carboxylic acids is 1. The minimum absolute atomic E-state index is 0.111. The Balaban J connectivity index is 1.50. The van der Waals surface area contributed by atoms with E-state index in [0.29, 0.717) is 23.8 Å². The average Bonchev–Trinajstić information content (AvgIpc) is 2.77. The van der Waals surface area contributed by atoms with Gasteiger partial charge in [-0.25, -0.2) is 13.6 Å². The first-order valence-corrected chi connectivity index (χ1v) is 11.4. The molecule has 4 rings (SSSR count). The van der Waals surface area contributed by atoms with Gasteiger partial charge >= 0.3 is 6.03 Å². The Morgan fingerprint density at radius 2 is 1.45 bits per heavy atom. The number of piperidine rings is 2. The lowest BCUT2D eigenvalue weighted by atomic mass is 9.90. The van der Waals surface area contributed by atoms with Crippen LogP contribution >= 0.6 is 0 Å². The van der Waals surface area contributed by atoms with Gasteiger partial charge in [-0.15, -0.1) is 0 Å². The highest BCUT2D eigenvalue weighted by Gasteiger charge is 2.33. The normalized spacial score (nSPS) is 22.4. The van der Waals surface area contributed by atoms with Crippen molar-refractivity contribution >= 4 is 17.4 Å². The van der Waals surface area contributed by atoms with Crippen molar-refractivity contribution in [2.75, 3.05) is 31.1 Å². The fraction of sp³-hybridized carbons (Fsp3) is 0.480. The molecule has 2 aromatic carbocycles. The van der Waals surface area contributed by atoms with E-state index >= 15 is 0 Å². The summed E-state index contributed by atoms with van der Waals surface area (Å²) in [6, 6.07) is 11.7. The second-order valence-electron chi connectivity index (χ2n) is 8.86. The van der Waals surface area contributed by atoms with Gasteiger partial charge in [-0.3, -0.25) is 4.90 Å². The highest BCUT2D eigenvalue weighted by Crippen LogP contribution is 2.31. The molecule has 2 aliphatic rings. The molecule has 0 bridgehead atoms. The van der Waals surface area contributed by atoms with E-state index in [1.54, 1.807) is 29.2 Å². The third-order valence-electron chi connectivity index (χ3n) is 6.56. The molecular weight excluding hydrogens is 396 g/mol. The number of hydrogen-bond donors (Lipinski definition) is 0. The van der Waals surface area contributed by atoms with Crippen LogP contribution in [0.15, 0.2) is 48.5 Å². The maximum absolute atomic E-state index is 13.6. The van der Waals surface area contributed by atoms with Gasteiger partial charge in [0.2, 0.25) is 0 Å². The number of benzene rings is 2. The van der Waals surface area contributed by atoms with Crippen LogP contribution in [0, 0.1) is 17.6 Å². The summed E-state index contributed by atoms with van der Waals surface area (Å²) in [5, 5.41) is 0. The standard InChI is InChI=1S/C25H31F2N3O/c1-19-17-20(18-28-14-3-2-4-15-28)13-16-29(19)25(31)30(23-9-5-21(26)6-10-23)24-11-7-22(27)8-12-24/h5-12,19-20H,2-4,13-18H2,1H3. The summed E-state index contributed by atoms with van der Waals surface area (Å²) in [5.41, 5.74) is 1.14. The quantitative estimate of drug-likeness (QED) is 0.616. The Bertz CT molecular complexity index is 820. The Hall–Kier alpha value is -2.47. The van der Waals surface area contributed by atoms with E-state index in [0.717, 1.165) is 19.4 Å². The molecule has 0 spiro atoms. The van der Waals surface area contributed by atoms with E-state index in [1.165, 1.54) is 56.6 Å². The number of anilines is 2. The molecule has 0 aromatic heterocycles. The van der Waals surface area contributed by atoms with Gasteiger partial charge in [0.25, 0.3) is 0 Å². The van der Waals surface area contributed by atoms with Crippen molar-refractivity contribution < 1.29 is 13.6 Å². The Labute approximate surface area is 183 Å². The van der Waals surface area contributed by atoms with Crippen molar-refractivity contribution in [1.82, 2.24) is 9.80 Å². The molecule has 2 heterocycles. The molecule has 2 saturated heterocycles. The minimum atomic E-state index is -0.359. The summed E-state index contributed by atoms with van der Waals surface area (Å²) in [5.74, 6) is -0.119. The fourth-order valence-corrected chi connectivity index (χ4v) is 4.91. The second kappa shape index (κ2) is 9.77. The summed E-state index contributed by atoms with van der Waals surface area (Å²) in [6.07, 6.45) is 5.87. The van der Waals surface area contributed by atoms with Crippen LogP contribution in [0.2, 0.25) is 0 Å². The molecule has 2 atom stereocenters. The van der Waals surface area contributed by atoms with E-state index < -0.39 is 0 Å². The fourth-order valence-electron chi connectivity index (χ4n) is 4.91. The number of likely N-dealkylation sites (tertiary alicyclic amines) is 2. The van der Waals surface area contributed by atoms with Crippen molar-refractivity contribution in [1.29, 1.82) is 0 Å². The van der Waals surface area contributed by atoms with Crippen LogP contribution in [0.1, 0.15) is 39.0 Å². The zero-order valence-electron chi connectivity index (χ0n) is 18.1. The zero-order valence-corrected chi connectivity index (χ0v) is 18.1. The van der Waals surface area contributed by atoms with Gasteiger partial charge in [-0.1, -0.05) is 6.42 Å². The van der Waals surface area contributed by atoms with E-state index in [-0.39, 0.29) is 23.7 Å². The van der Waals surface area contributed by atoms with Crippen LogP contribution in [0.3, 0.4) is 0 Å². The van der Waals surface area contributed by atoms with E-state index in [2.05, 4.69) is 11.8 Å². The van der Waals surface area contributed by atoms with Crippen LogP contribution in [0.5, 0.6) is 0 Å². The molecule has 2 unspecified atom stereocenters. The summed E-state index contributed by atoms with van der Waals surface area (Å²) < 4.78 is 27.0. The molecule has 166 valence electrons. The van der Waals surface area contributed by atoms with Gasteiger partial charge in [-0.05, 0) is 100 Å². The van der Waals surface area contributed by atoms with Gasteiger partial charge in [0, 0.05) is 19.1 Å². The highest BCUT2D eigenvalue weighted by molar-refractivity contribution is 5.99. The van der Waals surface area contributed by atoms with Crippen molar-refractivity contribution in [3.05, 3.63) is 60.2 Å². The van der Waals surface area contributed by atoms with Crippen molar-refractivity contribution in [2.45, 2.75) is 45.1 Å². The van der Waals surface area contributed by atoms with Crippen LogP contribution in [-0.2, 0) is 0 Å². The summed E-state index contributed by atoms with van der Waals surface area (Å²) in [6.45, 7) is 6.30. The summed E-state index contributed by atoms with van der Waals surface area (Å²) in [4.78, 5) is 19.7. The third kappa shape index (κ3) is 5.24. The molecule has 0 radical (unpaired) electrons. The third-order valence-corrected chi connectivity index (χ3v) is 6.56. The second-order valence-corrected chi connectivity index (χ2v) is 8.86. The predicted molar refractivity (Wildman–Crippen MR) is 120 cm³/mol. The number of urea groups is 1. The summed E-state index contributed by atoms with van der Waals surface area (Å²) in [7, 11) is 0. The van der Waals surface area contributed by atoms with E-state index in [4.69, 9.17) is 0 Å². The van der Waals surface area contributed by atoms with Crippen molar-refractivity contribution in [3.8, 4) is 0 Å². The number of rotatable bonds is 4. The molecule has 2 aliphatic heterocycles. The lowest BCUT2D eigenvalue weighted by Gasteiger charge is -2.42. The molecule has 31 heavy (non-hydrogen) atoms. The molecule has 0 saturated carbocycles. The van der Waals surface area contributed by atoms with Crippen LogP contribution in [0.25, 0.3) is 0 Å². The Morgan fingerprint density at radius 1 is 0.903 bits per heavy atom. The lowest BCUT2D eigenvalue weighted by Crippen LogP contribution is -2.51. The number of hydrogen-bond acceptors (Lipinski definition) is 2. The average molecular weight is 428 g/mol. The molecule has 2 aromatic rings. The molecule has 2 amide bonds. The van der Waals surface area contributed by atoms with Gasteiger partial charge in [-0.2, -0.15) is 0 Å². The molecule has 4 nitrogen and oxygen atoms in total. The van der Waals surface area contributed by atoms with Gasteiger partial charge < -0.3 is 9.80 Å². The molecule has 0 N–H and O–H groups in total. The number of carbonyl (C=O) groups is 1. The number of halogens is 2. The monoisotopic (exact) mass is 427 g/mol. The summed E-state index contributed by atoms with van der Waals surface area (Å²) >= 11 is 0. The lowest BCUT2D eigenvalue weighted by molar-refractivity contribution is 0.112. The smallest absolute Gasteiger partial charge is 0.321 e. The minimum Gasteiger partial charge on any atom is -0.321 e. The molecule has 6 heteroatoms. The predicted octanol–water partition coefficient (Wildman–Crippen LogP) is 5.81. The maximum atomic E-state index is 13.6. The van der Waals surface area contributed by atoms with Gasteiger partial charge in [0.1, 0.15) is 11.6 Å². The Kier molecular flexibility index (Phi) is 6.86. The topological polar surface area (TPSA) is 26.8 Å². The van der Waals surface area contributed by atoms with Gasteiger partial charge in [0.05, 0.1) is 11.4 Å². The highest BCUT2D eigenvalue weighted by atomic mass is 19.1. The molecule has 2 fully saturated rings. The van der Waals surface area contributed by atoms with Crippen molar-refractivity contribution in [2.24, 2.45) is 5.92 Å². The SMILES string of the molecule is CC1CC(CN2CCCCC2)CCN1C(=O)N(c1ccc(F)cc1)c1ccc(F)cc1. The molecule has 0 aliphatic carbocycles. The largest absolute Gasteiger partial charge is 0.329 e. The first kappa shape index (κ1) is 21.8. The first-order valence-electron chi connectivity index (χ1n) is 11.4. The number of amides is 2. The van der Waals surface area contributed by atoms with Gasteiger partial charge in [0.15, 0.2) is 0 Å². The number of nitrogens with zero attached hydrogens (tertiary/aromatic N) is 3. The van der Waals surface area contributed by atoms with Crippen molar-refractivity contribution in [3.63, 3.8) is 0 Å². The van der Waals surface area contributed by atoms with Crippen LogP contribution < -0.4 is 4.90 Å². The zero-order chi connectivity index (χ0) is 21.8. The van der Waals surface area contributed by atoms with Crippen LogP contribution in [0.4, 0.5) is 25.0 Å². The van der Waals surface area contributed by atoms with E-state index in [9.17, 15) is 13.6 Å². The Morgan fingerprint density at radius 3 is 1.97 bits per heavy atom. The maximum Gasteiger partial charge on any atom is 0.329 e. The van der Waals surface area contributed by atoms with E-state index in [1.807, 2.05) is 4.90 Å². The van der Waals surface area contributed by atoms with Crippen LogP contribution in [-0.4, -0.2) is 48.1 Å². The first-order chi connectivity index (χ1) is 15.0. The molecular formula is C25H31F2N3O.